The molecule has 0 aliphatic carbocycles. The van der Waals surface area contributed by atoms with E-state index in [-0.39, 0.29) is 11.6 Å². The molecule has 1 heterocycles. The van der Waals surface area contributed by atoms with Crippen LogP contribution in [0.15, 0.2) is 18.2 Å². The van der Waals surface area contributed by atoms with Crippen molar-refractivity contribution in [2.75, 3.05) is 19.6 Å². The summed E-state index contributed by atoms with van der Waals surface area (Å²) in [5.41, 5.74) is 5.79. The fraction of sp³-hybridized carbons (Fsp3) is 0.538. The first-order valence-electron chi connectivity index (χ1n) is 6.01. The normalized spacial score (nSPS) is 22.9. The first-order chi connectivity index (χ1) is 8.13. The number of rotatable bonds is 3. The van der Waals surface area contributed by atoms with E-state index in [2.05, 4.69) is 4.90 Å². The topological polar surface area (TPSA) is 29.3 Å². The second-order valence-electron chi connectivity index (χ2n) is 4.70. The van der Waals surface area contributed by atoms with E-state index in [0.29, 0.717) is 12.5 Å². The average molecular weight is 240 g/mol. The number of likely N-dealkylation sites (tertiary alicyclic amines) is 1. The lowest BCUT2D eigenvalue weighted by Crippen LogP contribution is -2.27. The summed E-state index contributed by atoms with van der Waals surface area (Å²) in [5, 5.41) is 0. The van der Waals surface area contributed by atoms with Crippen LogP contribution < -0.4 is 5.73 Å². The number of nitrogens with zero attached hydrogens (tertiary/aromatic N) is 1. The molecule has 1 aliphatic rings. The molecule has 0 saturated carbocycles. The van der Waals surface area contributed by atoms with E-state index in [1.54, 1.807) is 0 Å². The summed E-state index contributed by atoms with van der Waals surface area (Å²) >= 11 is 0. The third-order valence-electron chi connectivity index (χ3n) is 3.62. The molecule has 1 aromatic carbocycles. The van der Waals surface area contributed by atoms with Crippen LogP contribution in [0.5, 0.6) is 0 Å². The van der Waals surface area contributed by atoms with Crippen molar-refractivity contribution in [3.8, 4) is 0 Å². The highest BCUT2D eigenvalue weighted by atomic mass is 19.1. The fourth-order valence-electron chi connectivity index (χ4n) is 2.50. The summed E-state index contributed by atoms with van der Waals surface area (Å²) in [6, 6.07) is 3.79. The number of benzene rings is 1. The molecule has 2 atom stereocenters. The summed E-state index contributed by atoms with van der Waals surface area (Å²) in [6.45, 7) is 4.17. The maximum atomic E-state index is 13.6. The summed E-state index contributed by atoms with van der Waals surface area (Å²) in [7, 11) is 0. The molecule has 4 heteroatoms. The van der Waals surface area contributed by atoms with Gasteiger partial charge in [0.05, 0.1) is 0 Å². The number of hydrogen-bond acceptors (Lipinski definition) is 2. The molecule has 0 amide bonds. The second kappa shape index (κ2) is 5.10. The van der Waals surface area contributed by atoms with Crippen LogP contribution in [0.3, 0.4) is 0 Å². The van der Waals surface area contributed by atoms with Crippen molar-refractivity contribution in [3.63, 3.8) is 0 Å². The Bertz CT molecular complexity index is 375. The SMILES string of the molecule is CC(c1c(F)cccc1F)N1CCC(CN)C1. The molecular weight excluding hydrogens is 222 g/mol. The van der Waals surface area contributed by atoms with E-state index in [1.807, 2.05) is 6.92 Å². The van der Waals surface area contributed by atoms with Crippen molar-refractivity contribution in [2.24, 2.45) is 11.7 Å². The van der Waals surface area contributed by atoms with Crippen LogP contribution in [0.1, 0.15) is 24.9 Å². The highest BCUT2D eigenvalue weighted by Crippen LogP contribution is 2.29. The zero-order valence-electron chi connectivity index (χ0n) is 10.00. The predicted molar refractivity (Wildman–Crippen MR) is 63.5 cm³/mol. The van der Waals surface area contributed by atoms with Crippen LogP contribution in [0, 0.1) is 17.6 Å². The molecule has 1 aliphatic heterocycles. The van der Waals surface area contributed by atoms with Crippen LogP contribution >= 0.6 is 0 Å². The van der Waals surface area contributed by atoms with Gasteiger partial charge in [-0.05, 0) is 44.5 Å². The lowest BCUT2D eigenvalue weighted by molar-refractivity contribution is 0.242. The van der Waals surface area contributed by atoms with E-state index in [1.165, 1.54) is 18.2 Å². The van der Waals surface area contributed by atoms with E-state index in [9.17, 15) is 8.78 Å². The Balaban J connectivity index is 2.17. The Morgan fingerprint density at radius 1 is 1.41 bits per heavy atom. The number of halogens is 2. The van der Waals surface area contributed by atoms with Gasteiger partial charge in [0.25, 0.3) is 0 Å². The van der Waals surface area contributed by atoms with E-state index in [0.717, 1.165) is 19.5 Å². The van der Waals surface area contributed by atoms with Crippen LogP contribution in [-0.4, -0.2) is 24.5 Å². The summed E-state index contributed by atoms with van der Waals surface area (Å²) in [6.07, 6.45) is 1.01. The third kappa shape index (κ3) is 2.48. The van der Waals surface area contributed by atoms with Crippen LogP contribution in [0.2, 0.25) is 0 Å². The molecule has 2 N–H and O–H groups in total. The largest absolute Gasteiger partial charge is 0.330 e. The molecule has 0 radical (unpaired) electrons. The molecule has 1 aromatic rings. The first-order valence-corrected chi connectivity index (χ1v) is 6.01. The van der Waals surface area contributed by atoms with E-state index >= 15 is 0 Å². The molecule has 1 fully saturated rings. The molecule has 0 bridgehead atoms. The van der Waals surface area contributed by atoms with Gasteiger partial charge in [-0.25, -0.2) is 8.78 Å². The summed E-state index contributed by atoms with van der Waals surface area (Å²) in [4.78, 5) is 2.10. The minimum Gasteiger partial charge on any atom is -0.330 e. The molecule has 2 nitrogen and oxygen atoms in total. The molecule has 1 saturated heterocycles. The molecule has 94 valence electrons. The zero-order chi connectivity index (χ0) is 12.4. The summed E-state index contributed by atoms with van der Waals surface area (Å²) in [5.74, 6) is -0.477. The monoisotopic (exact) mass is 240 g/mol. The lowest BCUT2D eigenvalue weighted by atomic mass is 10.1. The van der Waals surface area contributed by atoms with Gasteiger partial charge in [0.15, 0.2) is 0 Å². The predicted octanol–water partition coefficient (Wildman–Crippen LogP) is 2.31. The van der Waals surface area contributed by atoms with Gasteiger partial charge in [-0.2, -0.15) is 0 Å². The van der Waals surface area contributed by atoms with Gasteiger partial charge in [-0.3, -0.25) is 4.90 Å². The molecule has 0 aromatic heterocycles. The lowest BCUT2D eigenvalue weighted by Gasteiger charge is -2.25. The molecule has 2 unspecified atom stereocenters. The van der Waals surface area contributed by atoms with Crippen LogP contribution in [-0.2, 0) is 0 Å². The van der Waals surface area contributed by atoms with Crippen molar-refractivity contribution in [1.29, 1.82) is 0 Å². The van der Waals surface area contributed by atoms with Crippen molar-refractivity contribution in [2.45, 2.75) is 19.4 Å². The highest BCUT2D eigenvalue weighted by Gasteiger charge is 2.28. The first kappa shape index (κ1) is 12.5. The second-order valence-corrected chi connectivity index (χ2v) is 4.70. The standard InChI is InChI=1S/C13H18F2N2/c1-9(17-6-5-10(7-16)8-17)13-11(14)3-2-4-12(13)15/h2-4,9-10H,5-8,16H2,1H3. The Morgan fingerprint density at radius 2 is 2.06 bits per heavy atom. The fourth-order valence-corrected chi connectivity index (χ4v) is 2.50. The maximum Gasteiger partial charge on any atom is 0.130 e. The minimum atomic E-state index is -0.464. The van der Waals surface area contributed by atoms with Gasteiger partial charge in [-0.15, -0.1) is 0 Å². The average Bonchev–Trinajstić information content (AvgIpc) is 2.77. The quantitative estimate of drug-likeness (QED) is 0.878. The van der Waals surface area contributed by atoms with Crippen LogP contribution in [0.4, 0.5) is 8.78 Å². The van der Waals surface area contributed by atoms with Gasteiger partial charge in [0, 0.05) is 18.2 Å². The van der Waals surface area contributed by atoms with Gasteiger partial charge >= 0.3 is 0 Å². The van der Waals surface area contributed by atoms with Gasteiger partial charge in [0.2, 0.25) is 0 Å². The Morgan fingerprint density at radius 3 is 2.59 bits per heavy atom. The molecule has 0 spiro atoms. The van der Waals surface area contributed by atoms with Crippen LogP contribution in [0.25, 0.3) is 0 Å². The van der Waals surface area contributed by atoms with Crippen molar-refractivity contribution >= 4 is 0 Å². The van der Waals surface area contributed by atoms with E-state index < -0.39 is 11.6 Å². The minimum absolute atomic E-state index is 0.171. The van der Waals surface area contributed by atoms with Gasteiger partial charge in [-0.1, -0.05) is 6.07 Å². The van der Waals surface area contributed by atoms with Gasteiger partial charge < -0.3 is 5.73 Å². The molecular formula is C13H18F2N2. The summed E-state index contributed by atoms with van der Waals surface area (Å²) < 4.78 is 27.3. The number of nitrogens with two attached hydrogens (primary N) is 1. The molecule has 2 rings (SSSR count). The van der Waals surface area contributed by atoms with Gasteiger partial charge in [0.1, 0.15) is 11.6 Å². The van der Waals surface area contributed by atoms with Crippen molar-refractivity contribution in [1.82, 2.24) is 4.90 Å². The maximum absolute atomic E-state index is 13.6. The smallest absolute Gasteiger partial charge is 0.130 e. The van der Waals surface area contributed by atoms with Crippen molar-refractivity contribution in [3.05, 3.63) is 35.4 Å². The Labute approximate surface area is 100 Å². The Kier molecular flexibility index (Phi) is 3.74. The highest BCUT2D eigenvalue weighted by molar-refractivity contribution is 5.23. The molecule has 17 heavy (non-hydrogen) atoms. The van der Waals surface area contributed by atoms with Crippen molar-refractivity contribution < 1.29 is 8.78 Å². The van der Waals surface area contributed by atoms with E-state index in [4.69, 9.17) is 5.73 Å². The number of hydrogen-bond donors (Lipinski definition) is 1. The Hall–Kier alpha value is -1.00. The third-order valence-corrected chi connectivity index (χ3v) is 3.62. The zero-order valence-corrected chi connectivity index (χ0v) is 10.00.